The van der Waals surface area contributed by atoms with Crippen molar-refractivity contribution >= 4 is 17.5 Å². The Kier molecular flexibility index (Phi) is 3.99. The lowest BCUT2D eigenvalue weighted by atomic mass is 10.3. The Bertz CT molecular complexity index is 567. The summed E-state index contributed by atoms with van der Waals surface area (Å²) in [5.74, 6) is 1.07. The van der Waals surface area contributed by atoms with E-state index in [0.29, 0.717) is 23.8 Å². The van der Waals surface area contributed by atoms with Crippen molar-refractivity contribution in [2.75, 3.05) is 17.7 Å². The van der Waals surface area contributed by atoms with Crippen molar-refractivity contribution in [2.24, 2.45) is 5.73 Å². The Morgan fingerprint density at radius 2 is 2.21 bits per heavy atom. The highest BCUT2D eigenvalue weighted by molar-refractivity contribution is 6.00. The molecule has 2 amide bonds. The molecule has 0 aliphatic heterocycles. The molecule has 0 aliphatic carbocycles. The summed E-state index contributed by atoms with van der Waals surface area (Å²) in [5.41, 5.74) is 6.83. The molecule has 0 saturated carbocycles. The first-order valence-corrected chi connectivity index (χ1v) is 5.68. The first-order chi connectivity index (χ1) is 9.24. The molecule has 2 rings (SSSR count). The molecule has 0 unspecified atom stereocenters. The number of ether oxygens (including phenoxy) is 1. The van der Waals surface area contributed by atoms with Crippen molar-refractivity contribution < 1.29 is 9.53 Å². The highest BCUT2D eigenvalue weighted by Gasteiger charge is 2.10. The summed E-state index contributed by atoms with van der Waals surface area (Å²) in [5, 5.41) is 11.8. The zero-order valence-corrected chi connectivity index (χ0v) is 10.4. The summed E-state index contributed by atoms with van der Waals surface area (Å²) in [6.45, 7) is 0.292. The third kappa shape index (κ3) is 3.02. The average molecular weight is 261 g/mol. The van der Waals surface area contributed by atoms with Crippen molar-refractivity contribution in [3.63, 3.8) is 0 Å². The zero-order valence-electron chi connectivity index (χ0n) is 10.4. The van der Waals surface area contributed by atoms with Gasteiger partial charge in [-0.25, -0.2) is 4.79 Å². The van der Waals surface area contributed by atoms with Crippen LogP contribution in [-0.2, 0) is 6.54 Å². The summed E-state index contributed by atoms with van der Waals surface area (Å²) in [7, 11) is 1.54. The third-order valence-electron chi connectivity index (χ3n) is 2.53. The number of rotatable bonds is 4. The molecule has 0 saturated heterocycles. The Hall–Kier alpha value is -2.54. The van der Waals surface area contributed by atoms with E-state index in [1.807, 2.05) is 6.07 Å². The van der Waals surface area contributed by atoms with Gasteiger partial charge in [-0.15, -0.1) is 0 Å². The number of para-hydroxylation sites is 2. The Morgan fingerprint density at radius 3 is 2.95 bits per heavy atom. The topological polar surface area (TPSA) is 105 Å². The van der Waals surface area contributed by atoms with Crippen molar-refractivity contribution in [3.05, 3.63) is 36.0 Å². The van der Waals surface area contributed by atoms with Crippen LogP contribution in [0.2, 0.25) is 0 Å². The van der Waals surface area contributed by atoms with Crippen LogP contribution in [0.5, 0.6) is 5.75 Å². The van der Waals surface area contributed by atoms with Crippen molar-refractivity contribution in [1.82, 2.24) is 10.2 Å². The fourth-order valence-electron chi connectivity index (χ4n) is 1.59. The number of urea groups is 1. The van der Waals surface area contributed by atoms with E-state index in [1.165, 1.54) is 0 Å². The predicted molar refractivity (Wildman–Crippen MR) is 72.1 cm³/mol. The summed E-state index contributed by atoms with van der Waals surface area (Å²) in [6, 6.07) is 6.73. The zero-order chi connectivity index (χ0) is 13.7. The smallest absolute Gasteiger partial charge is 0.324 e. The van der Waals surface area contributed by atoms with Gasteiger partial charge in [-0.05, 0) is 12.1 Å². The number of anilines is 2. The van der Waals surface area contributed by atoms with Gasteiger partial charge in [0.25, 0.3) is 0 Å². The van der Waals surface area contributed by atoms with E-state index in [4.69, 9.17) is 10.5 Å². The van der Waals surface area contributed by atoms with Gasteiger partial charge < -0.3 is 15.8 Å². The number of nitrogens with one attached hydrogen (secondary N) is 3. The van der Waals surface area contributed by atoms with Gasteiger partial charge >= 0.3 is 6.03 Å². The number of hydrogen-bond acceptors (Lipinski definition) is 4. The maximum atomic E-state index is 11.8. The second-order valence-corrected chi connectivity index (χ2v) is 3.75. The van der Waals surface area contributed by atoms with E-state index in [1.54, 1.807) is 31.5 Å². The van der Waals surface area contributed by atoms with Gasteiger partial charge in [0, 0.05) is 12.1 Å². The summed E-state index contributed by atoms with van der Waals surface area (Å²) >= 11 is 0. The van der Waals surface area contributed by atoms with Gasteiger partial charge in [0.1, 0.15) is 11.6 Å². The monoisotopic (exact) mass is 261 g/mol. The Labute approximate surface area is 110 Å². The molecule has 100 valence electrons. The number of amides is 2. The van der Waals surface area contributed by atoms with Crippen LogP contribution in [0.1, 0.15) is 5.56 Å². The van der Waals surface area contributed by atoms with Crippen LogP contribution in [0.4, 0.5) is 16.3 Å². The van der Waals surface area contributed by atoms with Gasteiger partial charge in [0.2, 0.25) is 0 Å². The number of benzene rings is 1. The fraction of sp³-hybridized carbons (Fsp3) is 0.167. The second-order valence-electron chi connectivity index (χ2n) is 3.75. The largest absolute Gasteiger partial charge is 0.495 e. The minimum absolute atomic E-state index is 0.292. The molecule has 1 aromatic carbocycles. The average Bonchev–Trinajstić information content (AvgIpc) is 2.86. The maximum Gasteiger partial charge on any atom is 0.324 e. The first-order valence-electron chi connectivity index (χ1n) is 5.68. The molecular weight excluding hydrogens is 246 g/mol. The molecule has 0 aliphatic rings. The molecule has 0 radical (unpaired) electrons. The van der Waals surface area contributed by atoms with Crippen LogP contribution in [-0.4, -0.2) is 23.3 Å². The van der Waals surface area contributed by atoms with Gasteiger partial charge in [-0.1, -0.05) is 12.1 Å². The molecule has 19 heavy (non-hydrogen) atoms. The van der Waals surface area contributed by atoms with E-state index in [-0.39, 0.29) is 0 Å². The lowest BCUT2D eigenvalue weighted by molar-refractivity contribution is 0.262. The number of aromatic amines is 1. The molecular formula is C12H15N5O2. The number of carbonyl (C=O) groups excluding carboxylic acids is 1. The Morgan fingerprint density at radius 1 is 1.42 bits per heavy atom. The number of nitrogens with zero attached hydrogens (tertiary/aromatic N) is 1. The van der Waals surface area contributed by atoms with Gasteiger partial charge in [-0.3, -0.25) is 10.4 Å². The number of carbonyl (C=O) groups is 1. The van der Waals surface area contributed by atoms with E-state index in [2.05, 4.69) is 20.8 Å². The molecule has 0 fully saturated rings. The molecule has 7 heteroatoms. The van der Waals surface area contributed by atoms with Crippen molar-refractivity contribution in [2.45, 2.75) is 6.54 Å². The molecule has 0 spiro atoms. The van der Waals surface area contributed by atoms with Gasteiger partial charge in [0.05, 0.1) is 19.0 Å². The van der Waals surface area contributed by atoms with Crippen LogP contribution in [0, 0.1) is 0 Å². The molecule has 7 nitrogen and oxygen atoms in total. The van der Waals surface area contributed by atoms with Crippen LogP contribution in [0.3, 0.4) is 0 Å². The molecule has 5 N–H and O–H groups in total. The van der Waals surface area contributed by atoms with Crippen LogP contribution < -0.4 is 21.1 Å². The fourth-order valence-corrected chi connectivity index (χ4v) is 1.59. The van der Waals surface area contributed by atoms with Crippen LogP contribution in [0.25, 0.3) is 0 Å². The minimum atomic E-state index is -0.400. The SMILES string of the molecule is COc1ccccc1NC(=O)Nc1[nH]ncc1CN. The first kappa shape index (κ1) is 12.9. The number of hydrogen-bond donors (Lipinski definition) is 4. The summed E-state index contributed by atoms with van der Waals surface area (Å²) < 4.78 is 5.14. The molecule has 1 heterocycles. The second kappa shape index (κ2) is 5.87. The number of aromatic nitrogens is 2. The number of nitrogens with two attached hydrogens (primary N) is 1. The van der Waals surface area contributed by atoms with Gasteiger partial charge in [0.15, 0.2) is 0 Å². The number of methoxy groups -OCH3 is 1. The van der Waals surface area contributed by atoms with Crippen molar-refractivity contribution in [1.29, 1.82) is 0 Å². The van der Waals surface area contributed by atoms with Crippen molar-refractivity contribution in [3.8, 4) is 5.75 Å². The molecule has 0 bridgehead atoms. The minimum Gasteiger partial charge on any atom is -0.495 e. The highest BCUT2D eigenvalue weighted by Crippen LogP contribution is 2.23. The van der Waals surface area contributed by atoms with E-state index >= 15 is 0 Å². The normalized spacial score (nSPS) is 10.0. The standard InChI is InChI=1S/C12H15N5O2/c1-19-10-5-3-2-4-9(10)15-12(18)16-11-8(6-13)7-14-17-11/h2-5,7H,6,13H2,1H3,(H3,14,15,16,17,18). The van der Waals surface area contributed by atoms with E-state index in [9.17, 15) is 4.79 Å². The quantitative estimate of drug-likeness (QED) is 0.669. The highest BCUT2D eigenvalue weighted by atomic mass is 16.5. The van der Waals surface area contributed by atoms with Crippen LogP contribution >= 0.6 is 0 Å². The third-order valence-corrected chi connectivity index (χ3v) is 2.53. The molecule has 2 aromatic rings. The predicted octanol–water partition coefficient (Wildman–Crippen LogP) is 1.52. The molecule has 0 atom stereocenters. The van der Waals surface area contributed by atoms with E-state index < -0.39 is 6.03 Å². The van der Waals surface area contributed by atoms with E-state index in [0.717, 1.165) is 5.56 Å². The lowest BCUT2D eigenvalue weighted by Gasteiger charge is -2.10. The van der Waals surface area contributed by atoms with Crippen LogP contribution in [0.15, 0.2) is 30.5 Å². The number of H-pyrrole nitrogens is 1. The summed E-state index contributed by atoms with van der Waals surface area (Å²) in [4.78, 5) is 11.8. The van der Waals surface area contributed by atoms with Gasteiger partial charge in [-0.2, -0.15) is 5.10 Å². The maximum absolute atomic E-state index is 11.8. The lowest BCUT2D eigenvalue weighted by Crippen LogP contribution is -2.21. The molecule has 1 aromatic heterocycles. The summed E-state index contributed by atoms with van der Waals surface area (Å²) in [6.07, 6.45) is 1.57. The Balaban J connectivity index is 2.05.